The molecular weight excluding hydrogens is 340 g/mol. The van der Waals surface area contributed by atoms with Gasteiger partial charge >= 0.3 is 0 Å². The van der Waals surface area contributed by atoms with E-state index in [4.69, 9.17) is 4.74 Å². The summed E-state index contributed by atoms with van der Waals surface area (Å²) >= 11 is 0. The summed E-state index contributed by atoms with van der Waals surface area (Å²) in [7, 11) is 1.68. The van der Waals surface area contributed by atoms with Gasteiger partial charge in [-0.05, 0) is 30.0 Å². The highest BCUT2D eigenvalue weighted by Crippen LogP contribution is 2.35. The van der Waals surface area contributed by atoms with Crippen LogP contribution in [0.1, 0.15) is 24.3 Å². The largest absolute Gasteiger partial charge is 0.496 e. The zero-order valence-corrected chi connectivity index (χ0v) is 15.5. The van der Waals surface area contributed by atoms with E-state index in [1.807, 2.05) is 24.3 Å². The van der Waals surface area contributed by atoms with Crippen molar-refractivity contribution < 1.29 is 14.6 Å². The third kappa shape index (κ3) is 3.70. The van der Waals surface area contributed by atoms with Gasteiger partial charge in [0, 0.05) is 36.0 Å². The molecule has 3 N–H and O–H groups in total. The van der Waals surface area contributed by atoms with Crippen LogP contribution in [0.5, 0.6) is 5.75 Å². The lowest BCUT2D eigenvalue weighted by molar-refractivity contribution is -0.122. The number of hydrogen-bond acceptors (Lipinski definition) is 4. The predicted octanol–water partition coefficient (Wildman–Crippen LogP) is 2.30. The van der Waals surface area contributed by atoms with Crippen LogP contribution in [0.3, 0.4) is 0 Å². The number of ether oxygens (including phenoxy) is 1. The van der Waals surface area contributed by atoms with E-state index in [1.165, 1.54) is 5.56 Å². The van der Waals surface area contributed by atoms with Gasteiger partial charge in [-0.1, -0.05) is 42.5 Å². The lowest BCUT2D eigenvalue weighted by atomic mass is 9.77. The van der Waals surface area contributed by atoms with Crippen LogP contribution in [0.25, 0.3) is 11.1 Å². The first-order valence-electron chi connectivity index (χ1n) is 9.59. The van der Waals surface area contributed by atoms with Gasteiger partial charge in [-0.25, -0.2) is 0 Å². The lowest BCUT2D eigenvalue weighted by Crippen LogP contribution is -2.64. The summed E-state index contributed by atoms with van der Waals surface area (Å²) in [4.78, 5) is 11.9. The van der Waals surface area contributed by atoms with Crippen molar-refractivity contribution in [2.24, 2.45) is 5.92 Å². The smallest absolute Gasteiger partial charge is 0.223 e. The molecule has 2 fully saturated rings. The average molecular weight is 366 g/mol. The van der Waals surface area contributed by atoms with E-state index in [0.29, 0.717) is 6.54 Å². The highest BCUT2D eigenvalue weighted by atomic mass is 16.5. The molecule has 2 aromatic rings. The number of carbonyl (C=O) groups is 1. The fourth-order valence-electron chi connectivity index (χ4n) is 3.93. The van der Waals surface area contributed by atoms with E-state index in [9.17, 15) is 9.90 Å². The van der Waals surface area contributed by atoms with Gasteiger partial charge in [0.2, 0.25) is 5.91 Å². The summed E-state index contributed by atoms with van der Waals surface area (Å²) in [5, 5.41) is 16.1. The summed E-state index contributed by atoms with van der Waals surface area (Å²) in [6, 6.07) is 16.6. The Labute approximate surface area is 159 Å². The third-order valence-corrected chi connectivity index (χ3v) is 5.65. The molecule has 1 heterocycles. The highest BCUT2D eigenvalue weighted by molar-refractivity contribution is 5.80. The molecule has 142 valence electrons. The molecule has 4 rings (SSSR count). The number of carbonyl (C=O) groups excluding carboxylic acids is 1. The van der Waals surface area contributed by atoms with Gasteiger partial charge in [0.25, 0.3) is 0 Å². The molecule has 1 aliphatic carbocycles. The SMILES string of the molecule is COc1ccccc1-c1ccc([C@H]2[C@@H](CO)N[C@@H]2CNC(=O)C2CC2)cc1. The molecule has 2 aromatic carbocycles. The minimum absolute atomic E-state index is 0.0324. The van der Waals surface area contributed by atoms with Crippen LogP contribution in [-0.2, 0) is 4.79 Å². The van der Waals surface area contributed by atoms with Crippen LogP contribution in [0.4, 0.5) is 0 Å². The molecule has 1 saturated heterocycles. The molecule has 27 heavy (non-hydrogen) atoms. The summed E-state index contributed by atoms with van der Waals surface area (Å²) in [6.07, 6.45) is 2.02. The van der Waals surface area contributed by atoms with Gasteiger partial charge in [-0.2, -0.15) is 0 Å². The molecule has 1 amide bonds. The number of hydrogen-bond donors (Lipinski definition) is 3. The number of amides is 1. The van der Waals surface area contributed by atoms with E-state index in [2.05, 4.69) is 34.9 Å². The van der Waals surface area contributed by atoms with Gasteiger partial charge in [0.05, 0.1) is 13.7 Å². The second-order valence-electron chi connectivity index (χ2n) is 7.43. The van der Waals surface area contributed by atoms with Crippen LogP contribution >= 0.6 is 0 Å². The number of methoxy groups -OCH3 is 1. The third-order valence-electron chi connectivity index (χ3n) is 5.65. The minimum Gasteiger partial charge on any atom is -0.496 e. The second kappa shape index (κ2) is 7.71. The number of nitrogens with one attached hydrogen (secondary N) is 2. The Kier molecular flexibility index (Phi) is 5.14. The lowest BCUT2D eigenvalue weighted by Gasteiger charge is -2.46. The van der Waals surface area contributed by atoms with E-state index < -0.39 is 0 Å². The molecule has 0 aromatic heterocycles. The Morgan fingerprint density at radius 3 is 2.56 bits per heavy atom. The van der Waals surface area contributed by atoms with Crippen molar-refractivity contribution in [1.29, 1.82) is 0 Å². The molecule has 2 aliphatic rings. The van der Waals surface area contributed by atoms with Crippen molar-refractivity contribution in [1.82, 2.24) is 10.6 Å². The quantitative estimate of drug-likeness (QED) is 0.703. The minimum atomic E-state index is 0.0324. The maximum Gasteiger partial charge on any atom is 0.223 e. The fourth-order valence-corrected chi connectivity index (χ4v) is 3.93. The maximum atomic E-state index is 11.9. The monoisotopic (exact) mass is 366 g/mol. The number of aliphatic hydroxyl groups excluding tert-OH is 1. The Balaban J connectivity index is 1.48. The van der Waals surface area contributed by atoms with Crippen LogP contribution in [0.2, 0.25) is 0 Å². The van der Waals surface area contributed by atoms with E-state index in [0.717, 1.165) is 29.7 Å². The molecule has 5 heteroatoms. The number of rotatable bonds is 7. The van der Waals surface area contributed by atoms with Crippen LogP contribution in [0, 0.1) is 5.92 Å². The van der Waals surface area contributed by atoms with Crippen LogP contribution in [-0.4, -0.2) is 43.4 Å². The average Bonchev–Trinajstić information content (AvgIpc) is 3.53. The van der Waals surface area contributed by atoms with Crippen molar-refractivity contribution in [2.45, 2.75) is 30.8 Å². The Bertz CT molecular complexity index is 801. The normalized spacial score (nSPS) is 24.1. The zero-order chi connectivity index (χ0) is 18.8. The van der Waals surface area contributed by atoms with Crippen molar-refractivity contribution in [3.63, 3.8) is 0 Å². The Morgan fingerprint density at radius 1 is 1.15 bits per heavy atom. The van der Waals surface area contributed by atoms with Gasteiger partial charge in [-0.3, -0.25) is 4.79 Å². The Morgan fingerprint density at radius 2 is 1.89 bits per heavy atom. The first-order valence-corrected chi connectivity index (χ1v) is 9.59. The molecular formula is C22H26N2O3. The highest BCUT2D eigenvalue weighted by Gasteiger charge is 2.41. The van der Waals surface area contributed by atoms with Crippen LogP contribution < -0.4 is 15.4 Å². The molecule has 0 radical (unpaired) electrons. The molecule has 0 bridgehead atoms. The molecule has 3 atom stereocenters. The van der Waals surface area contributed by atoms with Crippen molar-refractivity contribution in [3.8, 4) is 16.9 Å². The molecule has 1 saturated carbocycles. The zero-order valence-electron chi connectivity index (χ0n) is 15.5. The topological polar surface area (TPSA) is 70.6 Å². The summed E-state index contributed by atoms with van der Waals surface area (Å²) in [5.74, 6) is 1.43. The van der Waals surface area contributed by atoms with Gasteiger partial charge in [-0.15, -0.1) is 0 Å². The van der Waals surface area contributed by atoms with Gasteiger partial charge in [0.1, 0.15) is 5.75 Å². The summed E-state index contributed by atoms with van der Waals surface area (Å²) in [6.45, 7) is 0.691. The Hall–Kier alpha value is -2.37. The fraction of sp³-hybridized carbons (Fsp3) is 0.409. The summed E-state index contributed by atoms with van der Waals surface area (Å²) < 4.78 is 5.46. The first-order chi connectivity index (χ1) is 13.2. The van der Waals surface area contributed by atoms with E-state index in [-0.39, 0.29) is 36.4 Å². The van der Waals surface area contributed by atoms with Crippen molar-refractivity contribution >= 4 is 5.91 Å². The van der Waals surface area contributed by atoms with Gasteiger partial charge in [0.15, 0.2) is 0 Å². The number of para-hydroxylation sites is 1. The van der Waals surface area contributed by atoms with Crippen LogP contribution in [0.15, 0.2) is 48.5 Å². The van der Waals surface area contributed by atoms with Gasteiger partial charge < -0.3 is 20.5 Å². The second-order valence-corrected chi connectivity index (χ2v) is 7.43. The van der Waals surface area contributed by atoms with E-state index in [1.54, 1.807) is 7.11 Å². The first kappa shape index (κ1) is 18.0. The molecule has 5 nitrogen and oxygen atoms in total. The summed E-state index contributed by atoms with van der Waals surface area (Å²) in [5.41, 5.74) is 3.34. The van der Waals surface area contributed by atoms with Crippen molar-refractivity contribution in [3.05, 3.63) is 54.1 Å². The van der Waals surface area contributed by atoms with Crippen molar-refractivity contribution in [2.75, 3.05) is 20.3 Å². The maximum absolute atomic E-state index is 11.9. The number of benzene rings is 2. The van der Waals surface area contributed by atoms with E-state index >= 15 is 0 Å². The predicted molar refractivity (Wildman–Crippen MR) is 105 cm³/mol. The standard InChI is InChI=1S/C22H26N2O3/c1-27-20-5-3-2-4-17(20)14-6-8-15(9-7-14)21-18(24-19(21)13-25)12-23-22(26)16-10-11-16/h2-9,16,18-19,21,24-25H,10-13H2,1H3,(H,23,26)/t18-,19-,21-/m1/s1. The molecule has 0 unspecified atom stereocenters. The number of aliphatic hydroxyl groups is 1. The molecule has 1 aliphatic heterocycles. The molecule has 0 spiro atoms.